The number of phenolic OH excluding ortho intramolecular Hbond substituents is 1. The van der Waals surface area contributed by atoms with Gasteiger partial charge in [-0.05, 0) is 35.4 Å². The molecule has 0 aliphatic carbocycles. The van der Waals surface area contributed by atoms with Gasteiger partial charge in [0.1, 0.15) is 11.8 Å². The Hall–Kier alpha value is -2.04. The fourth-order valence-electron chi connectivity index (χ4n) is 1.87. The molecule has 0 heterocycles. The Morgan fingerprint density at radius 1 is 1.20 bits per heavy atom. The highest BCUT2D eigenvalue weighted by Gasteiger charge is 2.19. The Bertz CT molecular complexity index is 598. The van der Waals surface area contributed by atoms with E-state index < -0.39 is 12.0 Å². The van der Waals surface area contributed by atoms with E-state index in [1.807, 2.05) is 12.1 Å². The van der Waals surface area contributed by atoms with E-state index in [0.29, 0.717) is 17.1 Å². The van der Waals surface area contributed by atoms with Crippen LogP contribution in [0.2, 0.25) is 5.02 Å². The van der Waals surface area contributed by atoms with E-state index >= 15 is 0 Å². The summed E-state index contributed by atoms with van der Waals surface area (Å²) in [5.41, 5.74) is 1.44. The molecule has 0 saturated heterocycles. The van der Waals surface area contributed by atoms with Crippen LogP contribution in [0, 0.1) is 0 Å². The molecule has 1 atom stereocenters. The van der Waals surface area contributed by atoms with Crippen LogP contribution in [0.1, 0.15) is 17.2 Å². The number of nitrogens with one attached hydrogen (secondary N) is 1. The molecular formula is C15H14ClNO3. The van der Waals surface area contributed by atoms with Gasteiger partial charge in [0.2, 0.25) is 0 Å². The third-order valence-electron chi connectivity index (χ3n) is 2.87. The molecule has 0 bridgehead atoms. The quantitative estimate of drug-likeness (QED) is 0.792. The average molecular weight is 292 g/mol. The number of carbonyl (C=O) groups is 1. The molecule has 2 rings (SSSR count). The Labute approximate surface area is 121 Å². The molecule has 0 saturated carbocycles. The van der Waals surface area contributed by atoms with Gasteiger partial charge >= 0.3 is 5.97 Å². The molecule has 2 aromatic rings. The number of halogens is 1. The molecule has 0 amide bonds. The second-order valence-electron chi connectivity index (χ2n) is 4.37. The summed E-state index contributed by atoms with van der Waals surface area (Å²) in [6, 6.07) is 12.5. The lowest BCUT2D eigenvalue weighted by Gasteiger charge is -2.15. The highest BCUT2D eigenvalue weighted by molar-refractivity contribution is 6.30. The van der Waals surface area contributed by atoms with Crippen LogP contribution in [0.3, 0.4) is 0 Å². The molecule has 104 valence electrons. The van der Waals surface area contributed by atoms with E-state index in [9.17, 15) is 15.0 Å². The van der Waals surface area contributed by atoms with Gasteiger partial charge in [-0.3, -0.25) is 10.1 Å². The third kappa shape index (κ3) is 3.73. The number of carboxylic acid groups (broad SMARTS) is 1. The summed E-state index contributed by atoms with van der Waals surface area (Å²) in [5, 5.41) is 22.3. The van der Waals surface area contributed by atoms with Gasteiger partial charge in [-0.25, -0.2) is 0 Å². The van der Waals surface area contributed by atoms with Crippen LogP contribution in [0.5, 0.6) is 5.75 Å². The zero-order chi connectivity index (χ0) is 14.5. The molecule has 20 heavy (non-hydrogen) atoms. The van der Waals surface area contributed by atoms with Crippen molar-refractivity contribution in [3.05, 3.63) is 64.7 Å². The van der Waals surface area contributed by atoms with Gasteiger partial charge in [-0.2, -0.15) is 0 Å². The van der Waals surface area contributed by atoms with E-state index in [1.165, 1.54) is 12.1 Å². The minimum atomic E-state index is -0.996. The Kier molecular flexibility index (Phi) is 4.61. The largest absolute Gasteiger partial charge is 0.508 e. The van der Waals surface area contributed by atoms with Gasteiger partial charge < -0.3 is 10.2 Å². The summed E-state index contributed by atoms with van der Waals surface area (Å²) in [6.45, 7) is 0.393. The average Bonchev–Trinajstić information content (AvgIpc) is 2.41. The second kappa shape index (κ2) is 6.41. The minimum Gasteiger partial charge on any atom is -0.508 e. The van der Waals surface area contributed by atoms with Gasteiger partial charge in [-0.1, -0.05) is 35.9 Å². The number of hydrogen-bond acceptors (Lipinski definition) is 3. The van der Waals surface area contributed by atoms with Crippen molar-refractivity contribution in [2.75, 3.05) is 0 Å². The predicted octanol–water partition coefficient (Wildman–Crippen LogP) is 2.96. The first kappa shape index (κ1) is 14.4. The van der Waals surface area contributed by atoms with Crippen molar-refractivity contribution in [3.63, 3.8) is 0 Å². The Balaban J connectivity index is 2.10. The maximum Gasteiger partial charge on any atom is 0.325 e. The van der Waals surface area contributed by atoms with Crippen molar-refractivity contribution in [3.8, 4) is 5.75 Å². The molecule has 0 aliphatic heterocycles. The van der Waals surface area contributed by atoms with Crippen LogP contribution in [0.4, 0.5) is 0 Å². The lowest BCUT2D eigenvalue weighted by atomic mass is 10.1. The smallest absolute Gasteiger partial charge is 0.325 e. The summed E-state index contributed by atoms with van der Waals surface area (Å²) >= 11 is 5.80. The molecule has 0 radical (unpaired) electrons. The van der Waals surface area contributed by atoms with Gasteiger partial charge in [0, 0.05) is 11.6 Å². The topological polar surface area (TPSA) is 69.6 Å². The number of hydrogen-bond donors (Lipinski definition) is 3. The highest BCUT2D eigenvalue weighted by Crippen LogP contribution is 2.19. The van der Waals surface area contributed by atoms with Crippen LogP contribution < -0.4 is 5.32 Å². The molecule has 4 nitrogen and oxygen atoms in total. The van der Waals surface area contributed by atoms with Gasteiger partial charge in [0.25, 0.3) is 0 Å². The first-order valence-electron chi connectivity index (χ1n) is 6.06. The zero-order valence-electron chi connectivity index (χ0n) is 10.6. The number of carboxylic acids is 1. The van der Waals surface area contributed by atoms with Crippen LogP contribution in [-0.2, 0) is 11.3 Å². The number of phenols is 1. The van der Waals surface area contributed by atoms with E-state index in [-0.39, 0.29) is 5.75 Å². The molecule has 1 unspecified atom stereocenters. The minimum absolute atomic E-state index is 0.0436. The summed E-state index contributed by atoms with van der Waals surface area (Å²) in [4.78, 5) is 11.3. The number of rotatable bonds is 5. The molecule has 5 heteroatoms. The molecule has 2 aromatic carbocycles. The van der Waals surface area contributed by atoms with Crippen molar-refractivity contribution >= 4 is 17.6 Å². The lowest BCUT2D eigenvalue weighted by Crippen LogP contribution is -2.28. The zero-order valence-corrected chi connectivity index (χ0v) is 11.3. The second-order valence-corrected chi connectivity index (χ2v) is 4.81. The standard InChI is InChI=1S/C15H14ClNO3/c16-12-6-4-10(5-7-12)9-17-14(15(19)20)11-2-1-3-13(18)8-11/h1-8,14,17-18H,9H2,(H,19,20). The summed E-state index contributed by atoms with van der Waals surface area (Å²) < 4.78 is 0. The van der Waals surface area contributed by atoms with Crippen molar-refractivity contribution < 1.29 is 15.0 Å². The van der Waals surface area contributed by atoms with Crippen molar-refractivity contribution in [1.82, 2.24) is 5.32 Å². The molecule has 0 fully saturated rings. The van der Waals surface area contributed by atoms with E-state index in [1.54, 1.807) is 24.3 Å². The maximum absolute atomic E-state index is 11.3. The van der Waals surface area contributed by atoms with E-state index in [0.717, 1.165) is 5.56 Å². The number of aliphatic carboxylic acids is 1. The molecule has 3 N–H and O–H groups in total. The van der Waals surface area contributed by atoms with Crippen LogP contribution >= 0.6 is 11.6 Å². The first-order chi connectivity index (χ1) is 9.56. The number of aromatic hydroxyl groups is 1. The predicted molar refractivity (Wildman–Crippen MR) is 76.8 cm³/mol. The summed E-state index contributed by atoms with van der Waals surface area (Å²) in [6.07, 6.45) is 0. The fourth-order valence-corrected chi connectivity index (χ4v) is 2.00. The highest BCUT2D eigenvalue weighted by atomic mass is 35.5. The van der Waals surface area contributed by atoms with Crippen molar-refractivity contribution in [1.29, 1.82) is 0 Å². The van der Waals surface area contributed by atoms with Gasteiger partial charge in [0.15, 0.2) is 0 Å². The van der Waals surface area contributed by atoms with Gasteiger partial charge in [-0.15, -0.1) is 0 Å². The number of benzene rings is 2. The maximum atomic E-state index is 11.3. The van der Waals surface area contributed by atoms with Gasteiger partial charge in [0.05, 0.1) is 0 Å². The fraction of sp³-hybridized carbons (Fsp3) is 0.133. The van der Waals surface area contributed by atoms with Crippen LogP contribution in [0.25, 0.3) is 0 Å². The summed E-state index contributed by atoms with van der Waals surface area (Å²) in [7, 11) is 0. The third-order valence-corrected chi connectivity index (χ3v) is 3.13. The van der Waals surface area contributed by atoms with Crippen LogP contribution in [0.15, 0.2) is 48.5 Å². The monoisotopic (exact) mass is 291 g/mol. The first-order valence-corrected chi connectivity index (χ1v) is 6.43. The summed E-state index contributed by atoms with van der Waals surface area (Å²) in [5.74, 6) is -0.952. The molecule has 0 aliphatic rings. The van der Waals surface area contributed by atoms with E-state index in [2.05, 4.69) is 5.32 Å². The van der Waals surface area contributed by atoms with Crippen molar-refractivity contribution in [2.24, 2.45) is 0 Å². The Morgan fingerprint density at radius 3 is 2.50 bits per heavy atom. The van der Waals surface area contributed by atoms with Crippen molar-refractivity contribution in [2.45, 2.75) is 12.6 Å². The molecule has 0 aromatic heterocycles. The molecular weight excluding hydrogens is 278 g/mol. The lowest BCUT2D eigenvalue weighted by molar-refractivity contribution is -0.139. The molecule has 0 spiro atoms. The normalized spacial score (nSPS) is 12.1. The van der Waals surface area contributed by atoms with E-state index in [4.69, 9.17) is 11.6 Å². The SMILES string of the molecule is O=C(O)C(NCc1ccc(Cl)cc1)c1cccc(O)c1. The van der Waals surface area contributed by atoms with Crippen LogP contribution in [-0.4, -0.2) is 16.2 Å². The Morgan fingerprint density at radius 2 is 1.90 bits per heavy atom.